The summed E-state index contributed by atoms with van der Waals surface area (Å²) >= 11 is 0. The summed E-state index contributed by atoms with van der Waals surface area (Å²) in [5, 5.41) is 5.14. The molecule has 3 aromatic rings. The van der Waals surface area contributed by atoms with Crippen molar-refractivity contribution in [2.45, 2.75) is 30.6 Å². The molecule has 1 aromatic carbocycles. The molecule has 0 unspecified atom stereocenters. The lowest BCUT2D eigenvalue weighted by atomic mass is 10.1. The van der Waals surface area contributed by atoms with E-state index in [1.807, 2.05) is 13.0 Å². The lowest BCUT2D eigenvalue weighted by molar-refractivity contribution is 0.0699. The Morgan fingerprint density at radius 1 is 1.06 bits per heavy atom. The maximum atomic E-state index is 13.6. The molecular formula is C22H23F2N5O3S. The van der Waals surface area contributed by atoms with Crippen molar-refractivity contribution in [3.63, 3.8) is 0 Å². The second kappa shape index (κ2) is 7.84. The third-order valence-corrected chi connectivity index (χ3v) is 8.16. The molecule has 5 rings (SSSR count). The summed E-state index contributed by atoms with van der Waals surface area (Å²) in [6, 6.07) is 4.37. The van der Waals surface area contributed by atoms with Gasteiger partial charge in [-0.05, 0) is 44.0 Å². The van der Waals surface area contributed by atoms with Gasteiger partial charge in [-0.15, -0.1) is 0 Å². The fourth-order valence-corrected chi connectivity index (χ4v) is 5.74. The molecule has 2 aliphatic rings. The van der Waals surface area contributed by atoms with Gasteiger partial charge in [0, 0.05) is 44.8 Å². The Morgan fingerprint density at radius 2 is 1.76 bits per heavy atom. The molecule has 2 aromatic heterocycles. The van der Waals surface area contributed by atoms with Gasteiger partial charge in [0.2, 0.25) is 10.0 Å². The molecule has 33 heavy (non-hydrogen) atoms. The molecule has 1 aliphatic heterocycles. The van der Waals surface area contributed by atoms with Crippen molar-refractivity contribution in [1.29, 1.82) is 0 Å². The molecule has 11 heteroatoms. The Balaban J connectivity index is 1.39. The van der Waals surface area contributed by atoms with E-state index in [9.17, 15) is 22.0 Å². The first-order chi connectivity index (χ1) is 15.7. The minimum atomic E-state index is -4.00. The summed E-state index contributed by atoms with van der Waals surface area (Å²) in [5.74, 6) is -2.16. The molecule has 174 valence electrons. The second-order valence-corrected chi connectivity index (χ2v) is 10.5. The Kier molecular flexibility index (Phi) is 5.20. The van der Waals surface area contributed by atoms with Crippen LogP contribution in [0.25, 0.3) is 11.0 Å². The largest absolute Gasteiger partial charge is 0.336 e. The van der Waals surface area contributed by atoms with Crippen LogP contribution in [0.1, 0.15) is 40.5 Å². The third-order valence-electron chi connectivity index (χ3n) is 6.27. The number of hydrogen-bond donors (Lipinski definition) is 0. The van der Waals surface area contributed by atoms with Gasteiger partial charge in [-0.25, -0.2) is 22.2 Å². The quantitative estimate of drug-likeness (QED) is 0.579. The van der Waals surface area contributed by atoms with Crippen molar-refractivity contribution >= 4 is 27.0 Å². The summed E-state index contributed by atoms with van der Waals surface area (Å²) in [6.45, 7) is 2.32. The Hall–Kier alpha value is -2.92. The summed E-state index contributed by atoms with van der Waals surface area (Å²) < 4.78 is 55.4. The van der Waals surface area contributed by atoms with Gasteiger partial charge in [-0.3, -0.25) is 9.48 Å². The van der Waals surface area contributed by atoms with Gasteiger partial charge in [0.15, 0.2) is 17.3 Å². The molecule has 0 radical (unpaired) electrons. The van der Waals surface area contributed by atoms with E-state index in [0.717, 1.165) is 30.7 Å². The average Bonchev–Trinajstić information content (AvgIpc) is 3.61. The van der Waals surface area contributed by atoms with E-state index in [4.69, 9.17) is 4.98 Å². The van der Waals surface area contributed by atoms with Crippen LogP contribution < -0.4 is 0 Å². The number of pyridine rings is 1. The molecule has 0 spiro atoms. The van der Waals surface area contributed by atoms with E-state index < -0.39 is 21.7 Å². The van der Waals surface area contributed by atoms with Gasteiger partial charge < -0.3 is 4.90 Å². The first-order valence-corrected chi connectivity index (χ1v) is 12.2. The molecule has 1 aliphatic carbocycles. The van der Waals surface area contributed by atoms with Crippen molar-refractivity contribution in [1.82, 2.24) is 24.0 Å². The monoisotopic (exact) mass is 475 g/mol. The van der Waals surface area contributed by atoms with Gasteiger partial charge in [0.05, 0.1) is 21.5 Å². The standard InChI is InChI=1S/C22H23F2N5O3S/c1-13-20-16(12-19(14-3-4-14)25-21(20)27(2)26-13)22(30)28-7-9-29(10-8-28)33(31,32)15-5-6-17(23)18(24)11-15/h5-6,11-12,14H,3-4,7-10H2,1-2H3. The number of hydrogen-bond acceptors (Lipinski definition) is 5. The van der Waals surface area contributed by atoms with E-state index in [1.165, 1.54) is 4.31 Å². The average molecular weight is 476 g/mol. The van der Waals surface area contributed by atoms with E-state index in [1.54, 1.807) is 16.6 Å². The maximum Gasteiger partial charge on any atom is 0.254 e. The zero-order valence-electron chi connectivity index (χ0n) is 18.3. The SMILES string of the molecule is Cc1nn(C)c2nc(C3CC3)cc(C(=O)N3CCN(S(=O)(=O)c4ccc(F)c(F)c4)CC3)c12. The van der Waals surface area contributed by atoms with E-state index >= 15 is 0 Å². The van der Waals surface area contributed by atoms with Gasteiger partial charge in [-0.2, -0.15) is 9.40 Å². The molecule has 0 bridgehead atoms. The van der Waals surface area contributed by atoms with Crippen LogP contribution in [0, 0.1) is 18.6 Å². The first-order valence-electron chi connectivity index (χ1n) is 10.8. The van der Waals surface area contributed by atoms with Gasteiger partial charge in [0.25, 0.3) is 5.91 Å². The molecule has 1 saturated heterocycles. The number of piperazine rings is 1. The number of benzene rings is 1. The van der Waals surface area contributed by atoms with Crippen LogP contribution in [0.15, 0.2) is 29.2 Å². The van der Waals surface area contributed by atoms with E-state index in [2.05, 4.69) is 5.10 Å². The van der Waals surface area contributed by atoms with Gasteiger partial charge >= 0.3 is 0 Å². The molecule has 2 fully saturated rings. The predicted molar refractivity (Wildman–Crippen MR) is 116 cm³/mol. The zero-order chi connectivity index (χ0) is 23.5. The highest BCUT2D eigenvalue weighted by Crippen LogP contribution is 2.40. The highest BCUT2D eigenvalue weighted by Gasteiger charge is 2.33. The number of aromatic nitrogens is 3. The zero-order valence-corrected chi connectivity index (χ0v) is 19.1. The minimum Gasteiger partial charge on any atom is -0.336 e. The van der Waals surface area contributed by atoms with Crippen LogP contribution in [0.4, 0.5) is 8.78 Å². The van der Waals surface area contributed by atoms with Crippen molar-refractivity contribution in [2.24, 2.45) is 7.05 Å². The normalized spacial score (nSPS) is 17.6. The molecule has 3 heterocycles. The number of nitrogens with zero attached hydrogens (tertiary/aromatic N) is 5. The number of aryl methyl sites for hydroxylation is 2. The van der Waals surface area contributed by atoms with Crippen molar-refractivity contribution in [2.75, 3.05) is 26.2 Å². The lowest BCUT2D eigenvalue weighted by Gasteiger charge is -2.34. The number of rotatable bonds is 4. The maximum absolute atomic E-state index is 13.6. The number of halogens is 2. The Bertz CT molecular complexity index is 1380. The highest BCUT2D eigenvalue weighted by atomic mass is 32.2. The number of carbonyl (C=O) groups excluding carboxylic acids is 1. The number of sulfonamides is 1. The van der Waals surface area contributed by atoms with Crippen LogP contribution >= 0.6 is 0 Å². The summed E-state index contributed by atoms with van der Waals surface area (Å²) in [6.07, 6.45) is 2.09. The number of carbonyl (C=O) groups is 1. The van der Waals surface area contributed by atoms with Gasteiger partial charge in [-0.1, -0.05) is 0 Å². The molecule has 1 saturated carbocycles. The number of amides is 1. The molecule has 0 N–H and O–H groups in total. The van der Waals surface area contributed by atoms with Crippen LogP contribution in [0.5, 0.6) is 0 Å². The Labute approximate surface area is 189 Å². The van der Waals surface area contributed by atoms with Crippen molar-refractivity contribution in [3.8, 4) is 0 Å². The minimum absolute atomic E-state index is 0.0583. The lowest BCUT2D eigenvalue weighted by Crippen LogP contribution is -2.50. The Morgan fingerprint density at radius 3 is 2.39 bits per heavy atom. The molecular weight excluding hydrogens is 452 g/mol. The van der Waals surface area contributed by atoms with Crippen LogP contribution in [-0.4, -0.2) is 64.5 Å². The molecule has 0 atom stereocenters. The highest BCUT2D eigenvalue weighted by molar-refractivity contribution is 7.89. The van der Waals surface area contributed by atoms with Crippen LogP contribution in [0.3, 0.4) is 0 Å². The third kappa shape index (κ3) is 3.78. The number of fused-ring (bicyclic) bond motifs is 1. The smallest absolute Gasteiger partial charge is 0.254 e. The van der Waals surface area contributed by atoms with Crippen molar-refractivity contribution < 1.29 is 22.0 Å². The van der Waals surface area contributed by atoms with Crippen LogP contribution in [0.2, 0.25) is 0 Å². The van der Waals surface area contributed by atoms with Crippen molar-refractivity contribution in [3.05, 3.63) is 52.9 Å². The van der Waals surface area contributed by atoms with Gasteiger partial charge in [0.1, 0.15) is 0 Å². The first kappa shape index (κ1) is 21.9. The summed E-state index contributed by atoms with van der Waals surface area (Å²) in [4.78, 5) is 19.5. The summed E-state index contributed by atoms with van der Waals surface area (Å²) in [7, 11) is -2.20. The van der Waals surface area contributed by atoms with Crippen LogP contribution in [-0.2, 0) is 17.1 Å². The topological polar surface area (TPSA) is 88.4 Å². The molecule has 1 amide bonds. The molecule has 8 nitrogen and oxygen atoms in total. The fourth-order valence-electron chi connectivity index (χ4n) is 4.31. The predicted octanol–water partition coefficient (Wildman–Crippen LogP) is 2.58. The van der Waals surface area contributed by atoms with E-state index in [0.29, 0.717) is 34.3 Å². The van der Waals surface area contributed by atoms with E-state index in [-0.39, 0.29) is 37.0 Å². The summed E-state index contributed by atoms with van der Waals surface area (Å²) in [5.41, 5.74) is 2.79. The second-order valence-electron chi connectivity index (χ2n) is 8.55. The fraction of sp³-hybridized carbons (Fsp3) is 0.409.